The fourth-order valence-electron chi connectivity index (χ4n) is 9.08. The van der Waals surface area contributed by atoms with Gasteiger partial charge in [0.1, 0.15) is 54.9 Å². The molecule has 3 aromatic rings. The zero-order valence-electron chi connectivity index (χ0n) is 49.3. The topological polar surface area (TPSA) is 425 Å². The highest BCUT2D eigenvalue weighted by molar-refractivity contribution is 5.99. The van der Waals surface area contributed by atoms with Crippen LogP contribution in [-0.4, -0.2) is 159 Å². The first-order chi connectivity index (χ1) is 39.6. The van der Waals surface area contributed by atoms with E-state index in [2.05, 4.69) is 52.8 Å². The number of hydrogen-bond donors (Lipinski definition) is 15. The molecule has 1 aromatic heterocycles. The van der Waals surface area contributed by atoms with Crippen molar-refractivity contribution in [2.45, 2.75) is 180 Å². The first kappa shape index (κ1) is 70.3. The summed E-state index contributed by atoms with van der Waals surface area (Å²) in [5.41, 5.74) is 14.4. The van der Waals surface area contributed by atoms with Gasteiger partial charge in [0.2, 0.25) is 53.2 Å². The molecule has 0 fully saturated rings. The molecule has 0 saturated carbocycles. The van der Waals surface area contributed by atoms with Gasteiger partial charge in [0.05, 0.1) is 12.1 Å². The number of carboxylic acid groups (broad SMARTS) is 2. The molecule has 2 aromatic carbocycles. The molecule has 17 N–H and O–H groups in total. The average molecular weight is 1180 g/mol. The highest BCUT2D eigenvalue weighted by Gasteiger charge is 2.37. The van der Waals surface area contributed by atoms with Gasteiger partial charge in [0.15, 0.2) is 0 Å². The van der Waals surface area contributed by atoms with Gasteiger partial charge in [0, 0.05) is 29.9 Å². The Morgan fingerprint density at radius 3 is 1.49 bits per heavy atom. The van der Waals surface area contributed by atoms with Crippen LogP contribution in [0.4, 0.5) is 0 Å². The van der Waals surface area contributed by atoms with Gasteiger partial charge in [0.25, 0.3) is 0 Å². The van der Waals surface area contributed by atoms with E-state index in [0.29, 0.717) is 18.4 Å². The van der Waals surface area contributed by atoms with E-state index in [1.54, 1.807) is 50.4 Å². The van der Waals surface area contributed by atoms with Crippen LogP contribution in [0.2, 0.25) is 0 Å². The maximum Gasteiger partial charge on any atom is 0.322 e. The quantitative estimate of drug-likeness (QED) is 0.0335. The first-order valence-corrected chi connectivity index (χ1v) is 28.5. The average Bonchev–Trinajstić information content (AvgIpc) is 4.02. The molecule has 0 aliphatic heterocycles. The molecular formula is C58H88N12O14. The lowest BCUT2D eigenvalue weighted by atomic mass is 9.98. The molecule has 84 heavy (non-hydrogen) atoms. The van der Waals surface area contributed by atoms with E-state index in [1.807, 2.05) is 52.0 Å². The van der Waals surface area contributed by atoms with Crippen molar-refractivity contribution in [3.05, 3.63) is 71.9 Å². The number of carbonyl (C=O) groups excluding carboxylic acids is 9. The molecule has 0 aliphatic rings. The molecule has 1 heterocycles. The number of carboxylic acids is 2. The maximum atomic E-state index is 14.5. The van der Waals surface area contributed by atoms with Crippen molar-refractivity contribution in [1.29, 1.82) is 0 Å². The smallest absolute Gasteiger partial charge is 0.322 e. The lowest BCUT2D eigenvalue weighted by Crippen LogP contribution is -2.62. The van der Waals surface area contributed by atoms with Crippen LogP contribution in [0.15, 0.2) is 60.8 Å². The van der Waals surface area contributed by atoms with Crippen molar-refractivity contribution in [3.8, 4) is 0 Å². The summed E-state index contributed by atoms with van der Waals surface area (Å²) in [6, 6.07) is 3.87. The van der Waals surface area contributed by atoms with E-state index in [1.165, 1.54) is 13.8 Å². The van der Waals surface area contributed by atoms with Crippen molar-refractivity contribution in [3.63, 3.8) is 0 Å². The molecule has 26 nitrogen and oxygen atoms in total. The van der Waals surface area contributed by atoms with Gasteiger partial charge in [-0.3, -0.25) is 52.7 Å². The molecule has 9 amide bonds. The summed E-state index contributed by atoms with van der Waals surface area (Å²) in [4.78, 5) is 151. The number of fused-ring (bicyclic) bond motifs is 1. The molecular weight excluding hydrogens is 1090 g/mol. The molecule has 0 spiro atoms. The molecule has 0 aliphatic carbocycles. The van der Waals surface area contributed by atoms with Gasteiger partial charge in [-0.25, -0.2) is 0 Å². The largest absolute Gasteiger partial charge is 0.481 e. The van der Waals surface area contributed by atoms with Crippen LogP contribution in [0, 0.1) is 17.8 Å². The fraction of sp³-hybridized carbons (Fsp3) is 0.569. The predicted molar refractivity (Wildman–Crippen MR) is 312 cm³/mol. The zero-order valence-corrected chi connectivity index (χ0v) is 49.3. The Labute approximate surface area is 489 Å². The summed E-state index contributed by atoms with van der Waals surface area (Å²) in [7, 11) is 0. The number of nitrogens with one attached hydrogen (secondary N) is 10. The number of carbonyl (C=O) groups is 11. The van der Waals surface area contributed by atoms with Gasteiger partial charge in [-0.15, -0.1) is 0 Å². The number of unbranched alkanes of at least 4 members (excludes halogenated alkanes) is 1. The molecule has 10 atom stereocenters. The predicted octanol–water partition coefficient (Wildman–Crippen LogP) is -0.108. The molecule has 0 bridgehead atoms. The van der Waals surface area contributed by atoms with E-state index in [4.69, 9.17) is 16.6 Å². The number of H-pyrrole nitrogens is 1. The van der Waals surface area contributed by atoms with Crippen LogP contribution in [0.1, 0.15) is 118 Å². The molecule has 26 heteroatoms. The van der Waals surface area contributed by atoms with E-state index >= 15 is 0 Å². The van der Waals surface area contributed by atoms with Crippen molar-refractivity contribution >= 4 is 76.0 Å². The van der Waals surface area contributed by atoms with Crippen molar-refractivity contribution in [2.75, 3.05) is 13.1 Å². The van der Waals surface area contributed by atoms with Gasteiger partial charge in [-0.1, -0.05) is 90.1 Å². The van der Waals surface area contributed by atoms with Crippen LogP contribution < -0.4 is 59.3 Å². The number of para-hydroxylation sites is 1. The Hall–Kier alpha value is -7.97. The number of nitrogens with two attached hydrogens (primary N) is 2. The van der Waals surface area contributed by atoms with E-state index in [-0.39, 0.29) is 62.8 Å². The Bertz CT molecular complexity index is 2700. The highest BCUT2D eigenvalue weighted by atomic mass is 16.4. The number of benzene rings is 2. The third-order valence-electron chi connectivity index (χ3n) is 13.5. The number of hydrogen-bond acceptors (Lipinski definition) is 14. The summed E-state index contributed by atoms with van der Waals surface area (Å²) in [5.74, 6) is -10.8. The summed E-state index contributed by atoms with van der Waals surface area (Å²) in [6.45, 7) is 12.8. The van der Waals surface area contributed by atoms with Gasteiger partial charge in [-0.05, 0) is 107 Å². The monoisotopic (exact) mass is 1180 g/mol. The van der Waals surface area contributed by atoms with Gasteiger partial charge >= 0.3 is 11.9 Å². The van der Waals surface area contributed by atoms with E-state index in [0.717, 1.165) is 16.5 Å². The van der Waals surface area contributed by atoms with Gasteiger partial charge in [-0.2, -0.15) is 0 Å². The van der Waals surface area contributed by atoms with Crippen LogP contribution in [-0.2, 0) is 65.6 Å². The number of aliphatic hydroxyl groups is 1. The van der Waals surface area contributed by atoms with Crippen LogP contribution in [0.3, 0.4) is 0 Å². The normalized spacial score (nSPS) is 14.9. The summed E-state index contributed by atoms with van der Waals surface area (Å²) in [6.07, 6.45) is 0.0910. The van der Waals surface area contributed by atoms with Crippen LogP contribution in [0.25, 0.3) is 10.9 Å². The Morgan fingerprint density at radius 1 is 0.500 bits per heavy atom. The molecule has 0 saturated heterocycles. The third-order valence-corrected chi connectivity index (χ3v) is 13.5. The minimum atomic E-state index is -1.70. The lowest BCUT2D eigenvalue weighted by molar-refractivity contribution is -0.139. The summed E-state index contributed by atoms with van der Waals surface area (Å²) in [5, 5.41) is 53.3. The van der Waals surface area contributed by atoms with Crippen molar-refractivity contribution < 1.29 is 68.1 Å². The SMILES string of the molecule is CC(C)C[C@H](NC(=O)[C@H](Cc1ccccc1)NC(=O)[C@@H](NC(=O)[C@H](CC(C)C)NC(=O)[C@H](CC(C)C)NC(=O)[C@@H](N)Cc1c[nH]c2ccccc12)[C@@H](C)O)C(=O)N[C@@H](CCCCN)C(=O)N[C@@H](CCC(=O)O)C(=O)N[C@@H](C)C(=O)NCC(=O)O. The minimum Gasteiger partial charge on any atom is -0.481 e. The number of aliphatic carboxylic acids is 2. The number of aromatic nitrogens is 1. The number of rotatable bonds is 37. The van der Waals surface area contributed by atoms with Gasteiger partial charge < -0.3 is 79.6 Å². The zero-order chi connectivity index (χ0) is 62.8. The Kier molecular flexibility index (Phi) is 29.5. The molecule has 0 unspecified atom stereocenters. The fourth-order valence-corrected chi connectivity index (χ4v) is 9.08. The Balaban J connectivity index is 1.88. The molecule has 464 valence electrons. The Morgan fingerprint density at radius 2 is 0.964 bits per heavy atom. The molecule has 0 radical (unpaired) electrons. The van der Waals surface area contributed by atoms with Crippen molar-refractivity contribution in [2.24, 2.45) is 29.2 Å². The molecule has 3 rings (SSSR count). The van der Waals surface area contributed by atoms with Crippen LogP contribution in [0.5, 0.6) is 0 Å². The second-order valence-electron chi connectivity index (χ2n) is 22.4. The van der Waals surface area contributed by atoms with Crippen molar-refractivity contribution in [1.82, 2.24) is 52.8 Å². The minimum absolute atomic E-state index is 0.00102. The van der Waals surface area contributed by atoms with E-state index in [9.17, 15) is 63.0 Å². The second kappa shape index (κ2) is 35.2. The number of aromatic amines is 1. The number of amides is 9. The van der Waals surface area contributed by atoms with Crippen LogP contribution >= 0.6 is 0 Å². The summed E-state index contributed by atoms with van der Waals surface area (Å²) >= 11 is 0. The highest BCUT2D eigenvalue weighted by Crippen LogP contribution is 2.20. The van der Waals surface area contributed by atoms with E-state index < -0.39 is 145 Å². The lowest BCUT2D eigenvalue weighted by Gasteiger charge is -2.29. The summed E-state index contributed by atoms with van der Waals surface area (Å²) < 4.78 is 0. The number of aliphatic hydroxyl groups excluding tert-OH is 1. The maximum absolute atomic E-state index is 14.5. The second-order valence-corrected chi connectivity index (χ2v) is 22.4. The first-order valence-electron chi connectivity index (χ1n) is 28.5. The standard InChI is InChI=1S/C58H88N12O14/c1-31(2)24-43(66-51(77)39(60)28-37-29-61-40-19-13-12-18-38(37)40)55(81)68-45(26-33(5)6)57(83)70-49(35(8)71)58(84)69-46(27-36-16-10-9-11-17-36)56(82)67-44(25-32(3)4)54(80)64-41(20-14-15-23-59)53(79)65-42(21-22-47(72)73)52(78)63-34(7)50(76)62-30-48(74)75/h9-13,16-19,29,31-35,39,41-46,49,61,71H,14-15,20-28,30,59-60H2,1-8H3,(H,62,76)(H,63,78)(H,64,80)(H,65,79)(H,66,77)(H,67,82)(H,68,81)(H,69,84)(H,70,83)(H,72,73)(H,74,75)/t34-,35+,39-,41-,42-,43-,44-,45-,46-,49-/m0/s1. The third kappa shape index (κ3) is 24.5.